The first kappa shape index (κ1) is 9.39. The molecule has 0 aromatic rings. The summed E-state index contributed by atoms with van der Waals surface area (Å²) in [6.07, 6.45) is 5.25. The molecule has 0 aliphatic carbocycles. The number of nitrogens with zero attached hydrogens (tertiary/aromatic N) is 1. The van der Waals surface area contributed by atoms with Gasteiger partial charge in [-0.15, -0.1) is 11.8 Å². The van der Waals surface area contributed by atoms with Gasteiger partial charge in [0.05, 0.1) is 0 Å². The van der Waals surface area contributed by atoms with Gasteiger partial charge in [0.2, 0.25) is 0 Å². The van der Waals surface area contributed by atoms with Crippen molar-refractivity contribution in [1.29, 1.82) is 0 Å². The van der Waals surface area contributed by atoms with Crippen molar-refractivity contribution in [3.63, 3.8) is 0 Å². The van der Waals surface area contributed by atoms with Crippen LogP contribution in [0.1, 0.15) is 26.2 Å². The Balaban J connectivity index is 2.53. The Morgan fingerprint density at radius 1 is 1.58 bits per heavy atom. The number of thioether (sulfide) groups is 1. The zero-order valence-corrected chi connectivity index (χ0v) is 8.10. The highest BCUT2D eigenvalue weighted by molar-refractivity contribution is 8.04. The summed E-state index contributed by atoms with van der Waals surface area (Å²) in [5.41, 5.74) is 6.71. The SMILES string of the molecule is CCCCC1=CSC=CC(N)=N1. The van der Waals surface area contributed by atoms with E-state index in [1.165, 1.54) is 12.8 Å². The zero-order chi connectivity index (χ0) is 8.81. The van der Waals surface area contributed by atoms with E-state index in [2.05, 4.69) is 17.3 Å². The highest BCUT2D eigenvalue weighted by atomic mass is 32.2. The second-order valence-electron chi connectivity index (χ2n) is 2.69. The molecule has 1 aliphatic heterocycles. The van der Waals surface area contributed by atoms with Gasteiger partial charge in [0.1, 0.15) is 5.84 Å². The van der Waals surface area contributed by atoms with Crippen molar-refractivity contribution < 1.29 is 0 Å². The van der Waals surface area contributed by atoms with Crippen molar-refractivity contribution >= 4 is 17.6 Å². The summed E-state index contributed by atoms with van der Waals surface area (Å²) >= 11 is 1.64. The van der Waals surface area contributed by atoms with Crippen LogP contribution in [0.4, 0.5) is 0 Å². The summed E-state index contributed by atoms with van der Waals surface area (Å²) in [4.78, 5) is 4.26. The number of rotatable bonds is 3. The number of unbranched alkanes of at least 4 members (excludes halogenated alkanes) is 1. The molecule has 2 nitrogen and oxygen atoms in total. The van der Waals surface area contributed by atoms with E-state index in [1.54, 1.807) is 11.8 Å². The molecule has 0 spiro atoms. The summed E-state index contributed by atoms with van der Waals surface area (Å²) in [7, 11) is 0. The van der Waals surface area contributed by atoms with Crippen molar-refractivity contribution in [3.8, 4) is 0 Å². The van der Waals surface area contributed by atoms with Crippen LogP contribution in [-0.4, -0.2) is 5.84 Å². The normalized spacial score (nSPS) is 16.8. The maximum Gasteiger partial charge on any atom is 0.124 e. The summed E-state index contributed by atoms with van der Waals surface area (Å²) in [5.74, 6) is 0.613. The number of hydrogen-bond acceptors (Lipinski definition) is 3. The minimum absolute atomic E-state index is 0.613. The molecule has 0 aromatic carbocycles. The van der Waals surface area contributed by atoms with Crippen LogP contribution in [0.15, 0.2) is 27.6 Å². The van der Waals surface area contributed by atoms with Crippen LogP contribution in [-0.2, 0) is 0 Å². The molecule has 1 rings (SSSR count). The second-order valence-corrected chi connectivity index (χ2v) is 3.47. The van der Waals surface area contributed by atoms with Gasteiger partial charge in [0, 0.05) is 5.70 Å². The lowest BCUT2D eigenvalue weighted by molar-refractivity contribution is 0.783. The third kappa shape index (κ3) is 3.13. The number of hydrogen-bond donors (Lipinski definition) is 1. The average Bonchev–Trinajstić information content (AvgIpc) is 2.26. The van der Waals surface area contributed by atoms with E-state index in [0.29, 0.717) is 5.84 Å². The van der Waals surface area contributed by atoms with E-state index in [1.807, 2.05) is 11.5 Å². The third-order valence-corrected chi connectivity index (χ3v) is 2.28. The maximum absolute atomic E-state index is 5.61. The number of nitrogens with two attached hydrogens (primary N) is 1. The second kappa shape index (κ2) is 5.04. The summed E-state index contributed by atoms with van der Waals surface area (Å²) < 4.78 is 0. The maximum atomic E-state index is 5.61. The molecule has 0 saturated carbocycles. The van der Waals surface area contributed by atoms with E-state index in [0.717, 1.165) is 12.1 Å². The van der Waals surface area contributed by atoms with Gasteiger partial charge in [-0.2, -0.15) is 0 Å². The van der Waals surface area contributed by atoms with E-state index in [-0.39, 0.29) is 0 Å². The zero-order valence-electron chi connectivity index (χ0n) is 7.29. The minimum atomic E-state index is 0.613. The Morgan fingerprint density at radius 2 is 2.42 bits per heavy atom. The molecule has 1 heterocycles. The highest BCUT2D eigenvalue weighted by Crippen LogP contribution is 2.17. The van der Waals surface area contributed by atoms with Crippen LogP contribution in [0, 0.1) is 0 Å². The van der Waals surface area contributed by atoms with Gasteiger partial charge in [-0.05, 0) is 29.7 Å². The fourth-order valence-corrected chi connectivity index (χ4v) is 1.55. The van der Waals surface area contributed by atoms with Crippen molar-refractivity contribution in [3.05, 3.63) is 22.6 Å². The molecular weight excluding hydrogens is 168 g/mol. The molecule has 0 fully saturated rings. The lowest BCUT2D eigenvalue weighted by atomic mass is 10.2. The molecule has 12 heavy (non-hydrogen) atoms. The van der Waals surface area contributed by atoms with Crippen LogP contribution < -0.4 is 5.73 Å². The Morgan fingerprint density at radius 3 is 3.17 bits per heavy atom. The predicted molar refractivity (Wildman–Crippen MR) is 56.0 cm³/mol. The Bertz CT molecular complexity index is 229. The molecule has 0 saturated heterocycles. The predicted octanol–water partition coefficient (Wildman–Crippen LogP) is 2.64. The molecule has 0 amide bonds. The first-order chi connectivity index (χ1) is 5.83. The number of aliphatic imine (C=N–C) groups is 1. The lowest BCUT2D eigenvalue weighted by Crippen LogP contribution is -2.06. The van der Waals surface area contributed by atoms with Crippen LogP contribution in [0.3, 0.4) is 0 Å². The molecule has 0 atom stereocenters. The highest BCUT2D eigenvalue weighted by Gasteiger charge is 1.97. The standard InChI is InChI=1S/C9H14N2S/c1-2-3-4-8-7-12-6-5-9(10)11-8/h5-7H,2-4H2,1H3,(H2,10,11). The molecule has 0 aromatic heterocycles. The van der Waals surface area contributed by atoms with Crippen molar-refractivity contribution in [2.24, 2.45) is 10.7 Å². The summed E-state index contributed by atoms with van der Waals surface area (Å²) in [5, 5.41) is 4.02. The largest absolute Gasteiger partial charge is 0.384 e. The van der Waals surface area contributed by atoms with Crippen LogP contribution in [0.25, 0.3) is 0 Å². The molecule has 3 heteroatoms. The molecule has 1 aliphatic rings. The fraction of sp³-hybridized carbons (Fsp3) is 0.444. The van der Waals surface area contributed by atoms with Crippen molar-refractivity contribution in [2.45, 2.75) is 26.2 Å². The smallest absolute Gasteiger partial charge is 0.124 e. The molecule has 0 radical (unpaired) electrons. The average molecular weight is 182 g/mol. The van der Waals surface area contributed by atoms with Gasteiger partial charge >= 0.3 is 0 Å². The van der Waals surface area contributed by atoms with Gasteiger partial charge in [-0.3, -0.25) is 0 Å². The molecule has 0 bridgehead atoms. The minimum Gasteiger partial charge on any atom is -0.384 e. The molecule has 66 valence electrons. The van der Waals surface area contributed by atoms with Gasteiger partial charge in [-0.1, -0.05) is 13.3 Å². The first-order valence-corrected chi connectivity index (χ1v) is 5.12. The van der Waals surface area contributed by atoms with Gasteiger partial charge in [-0.25, -0.2) is 4.99 Å². The lowest BCUT2D eigenvalue weighted by Gasteiger charge is -1.98. The molecular formula is C9H14N2S. The molecule has 0 unspecified atom stereocenters. The van der Waals surface area contributed by atoms with Gasteiger partial charge in [0.25, 0.3) is 0 Å². The van der Waals surface area contributed by atoms with Crippen molar-refractivity contribution in [2.75, 3.05) is 0 Å². The Labute approximate surface area is 77.6 Å². The van der Waals surface area contributed by atoms with Crippen molar-refractivity contribution in [1.82, 2.24) is 0 Å². The first-order valence-electron chi connectivity index (χ1n) is 4.18. The fourth-order valence-electron chi connectivity index (χ4n) is 0.929. The van der Waals surface area contributed by atoms with Crippen LogP contribution >= 0.6 is 11.8 Å². The van der Waals surface area contributed by atoms with Crippen LogP contribution in [0.5, 0.6) is 0 Å². The van der Waals surface area contributed by atoms with E-state index in [4.69, 9.17) is 5.73 Å². The number of amidine groups is 1. The van der Waals surface area contributed by atoms with Crippen LogP contribution in [0.2, 0.25) is 0 Å². The van der Waals surface area contributed by atoms with E-state index >= 15 is 0 Å². The van der Waals surface area contributed by atoms with E-state index in [9.17, 15) is 0 Å². The van der Waals surface area contributed by atoms with E-state index < -0.39 is 0 Å². The van der Waals surface area contributed by atoms with Gasteiger partial charge in [0.15, 0.2) is 0 Å². The third-order valence-electron chi connectivity index (χ3n) is 1.58. The summed E-state index contributed by atoms with van der Waals surface area (Å²) in [6, 6.07) is 0. The topological polar surface area (TPSA) is 38.4 Å². The summed E-state index contributed by atoms with van der Waals surface area (Å²) in [6.45, 7) is 2.18. The Hall–Kier alpha value is -0.700. The Kier molecular flexibility index (Phi) is 3.94. The monoisotopic (exact) mass is 182 g/mol. The number of allylic oxidation sites excluding steroid dienone is 1. The quantitative estimate of drug-likeness (QED) is 0.728. The van der Waals surface area contributed by atoms with Gasteiger partial charge < -0.3 is 5.73 Å². The molecule has 2 N–H and O–H groups in total.